The van der Waals surface area contributed by atoms with Crippen molar-refractivity contribution in [2.24, 2.45) is 0 Å². The van der Waals surface area contributed by atoms with Crippen molar-refractivity contribution >= 4 is 38.4 Å². The number of amides is 2. The van der Waals surface area contributed by atoms with E-state index in [9.17, 15) is 4.79 Å². The van der Waals surface area contributed by atoms with Crippen molar-refractivity contribution in [2.75, 3.05) is 17.6 Å². The Morgan fingerprint density at radius 3 is 2.82 bits per heavy atom. The summed E-state index contributed by atoms with van der Waals surface area (Å²) in [5.41, 5.74) is 11.0. The molecule has 140 valence electrons. The number of nitrogens with zero attached hydrogens (tertiary/aromatic N) is 3. The maximum Gasteiger partial charge on any atom is 0.321 e. The zero-order chi connectivity index (χ0) is 19.5. The van der Waals surface area contributed by atoms with E-state index in [1.54, 1.807) is 24.7 Å². The monoisotopic (exact) mass is 390 g/mol. The Morgan fingerprint density at radius 1 is 1.18 bits per heavy atom. The lowest BCUT2D eigenvalue weighted by Gasteiger charge is -2.07. The predicted octanol–water partition coefficient (Wildman–Crippen LogP) is 4.14. The predicted molar refractivity (Wildman–Crippen MR) is 113 cm³/mol. The summed E-state index contributed by atoms with van der Waals surface area (Å²) in [7, 11) is 0. The summed E-state index contributed by atoms with van der Waals surface area (Å²) < 4.78 is 0.928. The molecule has 8 heteroatoms. The molecular formula is C20H18N6OS. The van der Waals surface area contributed by atoms with Gasteiger partial charge in [0.2, 0.25) is 0 Å². The van der Waals surface area contributed by atoms with Crippen LogP contribution in [0.15, 0.2) is 55.0 Å². The van der Waals surface area contributed by atoms with Crippen LogP contribution in [0, 0.1) is 0 Å². The fourth-order valence-electron chi connectivity index (χ4n) is 2.87. The molecule has 4 N–H and O–H groups in total. The van der Waals surface area contributed by atoms with Gasteiger partial charge in [0.1, 0.15) is 0 Å². The van der Waals surface area contributed by atoms with E-state index in [0.29, 0.717) is 17.4 Å². The van der Waals surface area contributed by atoms with Gasteiger partial charge < -0.3 is 11.1 Å². The summed E-state index contributed by atoms with van der Waals surface area (Å²) in [4.78, 5) is 25.2. The Labute approximate surface area is 165 Å². The number of carbonyl (C=O) groups excluding carboxylic acids is 1. The second kappa shape index (κ2) is 7.61. The number of carbonyl (C=O) groups is 1. The number of hydrogen-bond acceptors (Lipinski definition) is 6. The van der Waals surface area contributed by atoms with E-state index in [2.05, 4.69) is 31.7 Å². The van der Waals surface area contributed by atoms with Crippen LogP contribution < -0.4 is 16.4 Å². The van der Waals surface area contributed by atoms with Gasteiger partial charge in [0.05, 0.1) is 15.9 Å². The molecule has 0 aliphatic rings. The Morgan fingerprint density at radius 2 is 2.07 bits per heavy atom. The number of thiazole rings is 1. The number of pyridine rings is 2. The molecular weight excluding hydrogens is 372 g/mol. The van der Waals surface area contributed by atoms with E-state index in [-0.39, 0.29) is 6.03 Å². The van der Waals surface area contributed by atoms with E-state index in [1.807, 2.05) is 31.2 Å². The van der Waals surface area contributed by atoms with Crippen molar-refractivity contribution in [3.8, 4) is 22.4 Å². The number of nitrogens with one attached hydrogen (secondary N) is 2. The molecule has 0 spiro atoms. The second-order valence-electron chi connectivity index (χ2n) is 6.09. The number of fused-ring (bicyclic) bond motifs is 1. The lowest BCUT2D eigenvalue weighted by Crippen LogP contribution is -2.28. The zero-order valence-electron chi connectivity index (χ0n) is 15.1. The average molecular weight is 390 g/mol. The molecule has 0 saturated carbocycles. The standard InChI is InChI=1S/C20H18N6OS/c1-2-23-19(27)26-20-25-17-9-13(12-4-3-6-22-11-12)8-15(18(17)28-20)16-10-14(21)5-7-24-16/h3-11H,2H2,1H3,(H2,21,24)(H2,23,25,26,27). The highest BCUT2D eigenvalue weighted by molar-refractivity contribution is 7.22. The van der Waals surface area contributed by atoms with Gasteiger partial charge in [0.15, 0.2) is 5.13 Å². The third-order valence-electron chi connectivity index (χ3n) is 4.10. The summed E-state index contributed by atoms with van der Waals surface area (Å²) in [6.07, 6.45) is 5.22. The summed E-state index contributed by atoms with van der Waals surface area (Å²) in [6.45, 7) is 2.40. The van der Waals surface area contributed by atoms with Crippen molar-refractivity contribution in [2.45, 2.75) is 6.92 Å². The van der Waals surface area contributed by atoms with Gasteiger partial charge in [-0.25, -0.2) is 9.78 Å². The fourth-order valence-corrected chi connectivity index (χ4v) is 3.84. The summed E-state index contributed by atoms with van der Waals surface area (Å²) in [5, 5.41) is 6.01. The van der Waals surface area contributed by atoms with Gasteiger partial charge in [-0.15, -0.1) is 0 Å². The molecule has 0 atom stereocenters. The van der Waals surface area contributed by atoms with Crippen LogP contribution in [0.3, 0.4) is 0 Å². The number of anilines is 2. The van der Waals surface area contributed by atoms with E-state index in [1.165, 1.54) is 11.3 Å². The Balaban J connectivity index is 1.88. The number of hydrogen-bond donors (Lipinski definition) is 3. The van der Waals surface area contributed by atoms with Crippen LogP contribution in [0.1, 0.15) is 6.92 Å². The molecule has 0 fully saturated rings. The molecule has 3 aromatic heterocycles. The molecule has 0 unspecified atom stereocenters. The largest absolute Gasteiger partial charge is 0.399 e. The van der Waals surface area contributed by atoms with Gasteiger partial charge >= 0.3 is 6.03 Å². The van der Waals surface area contributed by atoms with Gasteiger partial charge in [-0.2, -0.15) is 0 Å². The topological polar surface area (TPSA) is 106 Å². The molecule has 7 nitrogen and oxygen atoms in total. The molecule has 4 rings (SSSR count). The number of benzene rings is 1. The van der Waals surface area contributed by atoms with Crippen LogP contribution in [-0.2, 0) is 0 Å². The van der Waals surface area contributed by atoms with Crippen LogP contribution >= 0.6 is 11.3 Å². The summed E-state index contributed by atoms with van der Waals surface area (Å²) in [6, 6.07) is 11.2. The maximum absolute atomic E-state index is 11.9. The molecule has 0 saturated heterocycles. The van der Waals surface area contributed by atoms with E-state index in [4.69, 9.17) is 5.73 Å². The quantitative estimate of drug-likeness (QED) is 0.485. The second-order valence-corrected chi connectivity index (χ2v) is 7.09. The molecule has 0 aliphatic heterocycles. The lowest BCUT2D eigenvalue weighted by atomic mass is 10.0. The number of aromatic nitrogens is 3. The molecule has 4 aromatic rings. The molecule has 3 heterocycles. The number of nitrogen functional groups attached to an aromatic ring is 1. The first-order valence-corrected chi connectivity index (χ1v) is 9.57. The highest BCUT2D eigenvalue weighted by atomic mass is 32.1. The van der Waals surface area contributed by atoms with Crippen molar-refractivity contribution in [3.05, 3.63) is 55.0 Å². The van der Waals surface area contributed by atoms with E-state index in [0.717, 1.165) is 32.6 Å². The van der Waals surface area contributed by atoms with Crippen LogP contribution in [0.5, 0.6) is 0 Å². The number of nitrogens with two attached hydrogens (primary N) is 1. The first-order valence-electron chi connectivity index (χ1n) is 8.76. The van der Waals surface area contributed by atoms with E-state index < -0.39 is 0 Å². The van der Waals surface area contributed by atoms with Crippen LogP contribution in [-0.4, -0.2) is 27.5 Å². The van der Waals surface area contributed by atoms with E-state index >= 15 is 0 Å². The highest BCUT2D eigenvalue weighted by Gasteiger charge is 2.15. The van der Waals surface area contributed by atoms with Crippen LogP contribution in [0.4, 0.5) is 15.6 Å². The van der Waals surface area contributed by atoms with Crippen molar-refractivity contribution < 1.29 is 4.79 Å². The first kappa shape index (κ1) is 17.9. The molecule has 0 radical (unpaired) electrons. The third-order valence-corrected chi connectivity index (χ3v) is 5.12. The minimum absolute atomic E-state index is 0.280. The molecule has 28 heavy (non-hydrogen) atoms. The average Bonchev–Trinajstić information content (AvgIpc) is 3.10. The van der Waals surface area contributed by atoms with Gasteiger partial charge in [0.25, 0.3) is 0 Å². The Bertz CT molecular complexity index is 1140. The van der Waals surface area contributed by atoms with Crippen molar-refractivity contribution in [1.29, 1.82) is 0 Å². The van der Waals surface area contributed by atoms with Crippen LogP contribution in [0.2, 0.25) is 0 Å². The lowest BCUT2D eigenvalue weighted by molar-refractivity contribution is 0.252. The van der Waals surface area contributed by atoms with Gasteiger partial charge in [-0.05, 0) is 42.8 Å². The zero-order valence-corrected chi connectivity index (χ0v) is 16.0. The highest BCUT2D eigenvalue weighted by Crippen LogP contribution is 2.38. The number of rotatable bonds is 4. The van der Waals surface area contributed by atoms with Gasteiger partial charge in [-0.1, -0.05) is 17.4 Å². The van der Waals surface area contributed by atoms with Crippen molar-refractivity contribution in [3.63, 3.8) is 0 Å². The summed E-state index contributed by atoms with van der Waals surface area (Å²) in [5.74, 6) is 0. The Hall–Kier alpha value is -3.52. The van der Waals surface area contributed by atoms with Gasteiger partial charge in [0, 0.05) is 41.9 Å². The molecule has 0 bridgehead atoms. The fraction of sp³-hybridized carbons (Fsp3) is 0.100. The van der Waals surface area contributed by atoms with Gasteiger partial charge in [-0.3, -0.25) is 15.3 Å². The maximum atomic E-state index is 11.9. The third kappa shape index (κ3) is 3.63. The first-order chi connectivity index (χ1) is 13.6. The summed E-state index contributed by atoms with van der Waals surface area (Å²) >= 11 is 1.40. The molecule has 0 aliphatic carbocycles. The Kier molecular flexibility index (Phi) is 4.86. The molecule has 2 amide bonds. The van der Waals surface area contributed by atoms with Crippen molar-refractivity contribution in [1.82, 2.24) is 20.3 Å². The minimum Gasteiger partial charge on any atom is -0.399 e. The van der Waals surface area contributed by atoms with Crippen LogP contribution in [0.25, 0.3) is 32.6 Å². The smallest absolute Gasteiger partial charge is 0.321 e. The number of urea groups is 1. The normalized spacial score (nSPS) is 10.8. The SMILES string of the molecule is CCNC(=O)Nc1nc2cc(-c3cccnc3)cc(-c3cc(N)ccn3)c2s1. The molecule has 1 aromatic carbocycles. The minimum atomic E-state index is -0.280.